The van der Waals surface area contributed by atoms with Crippen molar-refractivity contribution in [3.05, 3.63) is 36.5 Å². The van der Waals surface area contributed by atoms with Crippen molar-refractivity contribution in [1.29, 1.82) is 0 Å². The van der Waals surface area contributed by atoms with Crippen molar-refractivity contribution >= 4 is 40.6 Å². The number of nitrogens with zero attached hydrogens (tertiary/aromatic N) is 5. The summed E-state index contributed by atoms with van der Waals surface area (Å²) < 4.78 is 25.9. The lowest BCUT2D eigenvalue weighted by atomic mass is 10.0. The molecule has 1 unspecified atom stereocenters. The Balaban J connectivity index is 0.956. The SMILES string of the molecule is CC(C)Nc1ccn(-c2cc(OC3C[C@@H](C(N)=O)N(C(=O)[C@H](CCCCCCC[C@@H]4C[C@@H]4C(=O)O)NC(=O)O[C@@H]4C[C@@H]5C[C@@H]5C4)C3)c3ccc(OCCN4CCOCC4)cc3n2)n1. The fraction of sp³-hybridized carbons (Fsp3) is 0.652. The van der Waals surface area contributed by atoms with E-state index in [1.165, 1.54) is 11.3 Å². The second-order valence-electron chi connectivity index (χ2n) is 18.5. The van der Waals surface area contributed by atoms with Gasteiger partial charge in [-0.3, -0.25) is 19.3 Å². The molecule has 0 radical (unpaired) electrons. The second kappa shape index (κ2) is 20.1. The number of carboxylic acids is 1. The van der Waals surface area contributed by atoms with Crippen molar-refractivity contribution < 1.29 is 43.2 Å². The number of pyridine rings is 1. The highest BCUT2D eigenvalue weighted by atomic mass is 16.6. The van der Waals surface area contributed by atoms with E-state index in [9.17, 15) is 24.3 Å². The average molecular weight is 873 g/mol. The van der Waals surface area contributed by atoms with Gasteiger partial charge in [0.2, 0.25) is 11.8 Å². The summed E-state index contributed by atoms with van der Waals surface area (Å²) in [5, 5.41) is 20.8. The summed E-state index contributed by atoms with van der Waals surface area (Å²) >= 11 is 0. The van der Waals surface area contributed by atoms with E-state index in [2.05, 4.69) is 15.5 Å². The number of aromatic nitrogens is 3. The number of morpholine rings is 1. The number of rotatable bonds is 22. The Morgan fingerprint density at radius 3 is 2.48 bits per heavy atom. The lowest BCUT2D eigenvalue weighted by Crippen LogP contribution is -2.53. The number of alkyl carbamates (subject to hydrolysis) is 1. The van der Waals surface area contributed by atoms with Crippen molar-refractivity contribution in [3.63, 3.8) is 0 Å². The molecule has 342 valence electrons. The third-order valence-electron chi connectivity index (χ3n) is 13.3. The van der Waals surface area contributed by atoms with E-state index in [4.69, 9.17) is 34.8 Å². The Morgan fingerprint density at radius 2 is 1.73 bits per heavy atom. The van der Waals surface area contributed by atoms with Crippen LogP contribution in [0, 0.1) is 23.7 Å². The van der Waals surface area contributed by atoms with E-state index < -0.39 is 42.1 Å². The maximum absolute atomic E-state index is 14.5. The first-order valence-electron chi connectivity index (χ1n) is 23.1. The molecular formula is C46H64N8O9. The van der Waals surface area contributed by atoms with Gasteiger partial charge in [0.15, 0.2) is 5.82 Å². The number of aliphatic carboxylic acids is 1. The third kappa shape index (κ3) is 11.7. The zero-order valence-electron chi connectivity index (χ0n) is 36.6. The number of anilines is 1. The minimum atomic E-state index is -0.948. The minimum absolute atomic E-state index is 0.0796. The molecule has 3 saturated carbocycles. The van der Waals surface area contributed by atoms with E-state index in [1.807, 2.05) is 44.3 Å². The van der Waals surface area contributed by atoms with Crippen LogP contribution in [0.25, 0.3) is 16.7 Å². The van der Waals surface area contributed by atoms with Crippen LogP contribution in [0.3, 0.4) is 0 Å². The van der Waals surface area contributed by atoms with Crippen LogP contribution in [0.5, 0.6) is 11.5 Å². The Hall–Kier alpha value is -5.16. The summed E-state index contributed by atoms with van der Waals surface area (Å²) in [5.74, 6) is 1.97. The molecule has 5 N–H and O–H groups in total. The minimum Gasteiger partial charge on any atom is -0.492 e. The number of carbonyl (C=O) groups is 4. The van der Waals surface area contributed by atoms with Crippen LogP contribution in [0.2, 0.25) is 0 Å². The first kappa shape index (κ1) is 44.4. The average Bonchev–Trinajstić information content (AvgIpc) is 4.01. The van der Waals surface area contributed by atoms with Gasteiger partial charge in [0.25, 0.3) is 0 Å². The third-order valence-corrected chi connectivity index (χ3v) is 13.3. The number of hydrogen-bond donors (Lipinski definition) is 4. The molecule has 1 aromatic carbocycles. The van der Waals surface area contributed by atoms with Crippen molar-refractivity contribution in [3.8, 4) is 17.3 Å². The van der Waals surface area contributed by atoms with Gasteiger partial charge in [0.05, 0.1) is 31.2 Å². The van der Waals surface area contributed by atoms with Crippen LogP contribution in [-0.4, -0.2) is 130 Å². The van der Waals surface area contributed by atoms with Gasteiger partial charge in [-0.25, -0.2) is 14.5 Å². The van der Waals surface area contributed by atoms with Gasteiger partial charge < -0.3 is 45.3 Å². The predicted octanol–water partition coefficient (Wildman–Crippen LogP) is 5.13. The molecule has 2 aliphatic heterocycles. The highest BCUT2D eigenvalue weighted by molar-refractivity contribution is 5.92. The van der Waals surface area contributed by atoms with Crippen LogP contribution in [0.4, 0.5) is 10.6 Å². The number of unbranched alkanes of at least 4 members (excludes halogenated alkanes) is 4. The topological polar surface area (TPSA) is 213 Å². The first-order chi connectivity index (χ1) is 30.5. The van der Waals surface area contributed by atoms with Crippen LogP contribution in [0.15, 0.2) is 36.5 Å². The van der Waals surface area contributed by atoms with Crippen molar-refractivity contribution in [2.24, 2.45) is 29.4 Å². The molecule has 4 heterocycles. The summed E-state index contributed by atoms with van der Waals surface area (Å²) in [6.07, 6.45) is 9.96. The monoisotopic (exact) mass is 872 g/mol. The number of hydrogen-bond acceptors (Lipinski definition) is 12. The molecule has 5 aliphatic rings. The smallest absolute Gasteiger partial charge is 0.408 e. The lowest BCUT2D eigenvalue weighted by Gasteiger charge is -2.28. The molecule has 5 fully saturated rings. The van der Waals surface area contributed by atoms with E-state index in [-0.39, 0.29) is 36.9 Å². The van der Waals surface area contributed by atoms with Gasteiger partial charge in [-0.1, -0.05) is 32.1 Å². The number of benzene rings is 1. The molecule has 3 aromatic rings. The highest BCUT2D eigenvalue weighted by Crippen LogP contribution is 2.52. The molecule has 0 bridgehead atoms. The first-order valence-corrected chi connectivity index (χ1v) is 23.1. The zero-order chi connectivity index (χ0) is 44.0. The van der Waals surface area contributed by atoms with E-state index in [0.29, 0.717) is 59.9 Å². The molecule has 17 nitrogen and oxygen atoms in total. The summed E-state index contributed by atoms with van der Waals surface area (Å²) in [7, 11) is 0. The summed E-state index contributed by atoms with van der Waals surface area (Å²) in [5.41, 5.74) is 6.60. The van der Waals surface area contributed by atoms with Gasteiger partial charge >= 0.3 is 12.1 Å². The number of likely N-dealkylation sites (tertiary alicyclic amines) is 1. The van der Waals surface area contributed by atoms with Gasteiger partial charge in [0, 0.05) is 61.9 Å². The molecule has 3 aliphatic carbocycles. The normalized spacial score (nSPS) is 25.7. The number of fused-ring (bicyclic) bond motifs is 2. The fourth-order valence-corrected chi connectivity index (χ4v) is 9.68. The van der Waals surface area contributed by atoms with Gasteiger partial charge in [-0.15, -0.1) is 5.10 Å². The van der Waals surface area contributed by atoms with Crippen molar-refractivity contribution in [1.82, 2.24) is 29.9 Å². The molecule has 3 amide bonds. The van der Waals surface area contributed by atoms with Crippen LogP contribution < -0.4 is 25.8 Å². The zero-order valence-corrected chi connectivity index (χ0v) is 36.6. The Bertz CT molecular complexity index is 2080. The molecule has 17 heteroatoms. The van der Waals surface area contributed by atoms with E-state index in [1.54, 1.807) is 10.7 Å². The van der Waals surface area contributed by atoms with Crippen molar-refractivity contribution in [2.75, 3.05) is 51.3 Å². The van der Waals surface area contributed by atoms with Crippen molar-refractivity contribution in [2.45, 2.75) is 121 Å². The standard InChI is InChI=1S/C46H64N8O9/c1-28(2)48-41-12-13-54(51-41)42-26-40(35-11-10-32(24-38(35)49-42)61-19-16-52-14-17-60-18-15-52)62-34-25-39(43(47)55)53(27-34)44(56)37(50-46(59)63-33-21-30-20-31(30)22-33)9-7-5-3-4-6-8-29-23-36(29)45(57)58/h10-13,24,26,28-31,33-34,36-37,39H,3-9,14-23,25,27H2,1-2H3,(H2,47,55)(H,48,51)(H,50,59)(H,57,58)/t29-,30-,31+,33+,34?,36+,37+,39+/m1/s1. The maximum Gasteiger partial charge on any atom is 0.408 e. The van der Waals surface area contributed by atoms with Crippen LogP contribution in [-0.2, 0) is 23.9 Å². The summed E-state index contributed by atoms with van der Waals surface area (Å²) in [6.45, 7) is 8.61. The molecule has 8 rings (SSSR count). The summed E-state index contributed by atoms with van der Waals surface area (Å²) in [6, 6.07) is 7.66. The lowest BCUT2D eigenvalue weighted by molar-refractivity contribution is -0.139. The maximum atomic E-state index is 14.5. The largest absolute Gasteiger partial charge is 0.492 e. The number of nitrogens with two attached hydrogens (primary N) is 1. The van der Waals surface area contributed by atoms with Gasteiger partial charge in [-0.2, -0.15) is 0 Å². The van der Waals surface area contributed by atoms with Gasteiger partial charge in [0.1, 0.15) is 48.2 Å². The fourth-order valence-electron chi connectivity index (χ4n) is 9.68. The van der Waals surface area contributed by atoms with Gasteiger partial charge in [-0.05, 0) is 82.3 Å². The second-order valence-corrected chi connectivity index (χ2v) is 18.5. The van der Waals surface area contributed by atoms with E-state index >= 15 is 0 Å². The molecule has 2 saturated heterocycles. The molecular weight excluding hydrogens is 809 g/mol. The number of amides is 3. The Morgan fingerprint density at radius 1 is 0.952 bits per heavy atom. The quantitative estimate of drug-likeness (QED) is 0.0966. The highest BCUT2D eigenvalue weighted by Gasteiger charge is 2.48. The van der Waals surface area contributed by atoms with Crippen LogP contribution in [0.1, 0.15) is 90.9 Å². The number of carbonyl (C=O) groups excluding carboxylic acids is 3. The number of ether oxygens (including phenoxy) is 4. The Kier molecular flexibility index (Phi) is 14.2. The van der Waals surface area contributed by atoms with E-state index in [0.717, 1.165) is 89.6 Å². The number of nitrogens with one attached hydrogen (secondary N) is 2. The number of primary amides is 1. The molecule has 63 heavy (non-hydrogen) atoms. The summed E-state index contributed by atoms with van der Waals surface area (Å²) in [4.78, 5) is 60.7. The Labute approximate surface area is 368 Å². The van der Waals surface area contributed by atoms with Crippen LogP contribution >= 0.6 is 0 Å². The molecule has 2 aromatic heterocycles. The molecule has 8 atom stereocenters. The molecule has 0 spiro atoms. The number of carboxylic acid groups (broad SMARTS) is 1. The predicted molar refractivity (Wildman–Crippen MR) is 234 cm³/mol.